The Hall–Kier alpha value is -1.78. The van der Waals surface area contributed by atoms with Gasteiger partial charge in [0.1, 0.15) is 5.82 Å². The number of halogens is 2. The van der Waals surface area contributed by atoms with Crippen molar-refractivity contribution < 1.29 is 34.4 Å². The van der Waals surface area contributed by atoms with Crippen LogP contribution in [0.2, 0.25) is 5.02 Å². The van der Waals surface area contributed by atoms with Gasteiger partial charge in [0.15, 0.2) is 12.2 Å². The second-order valence-corrected chi connectivity index (χ2v) is 7.12. The molecular weight excluding hydrogens is 395 g/mol. The third-order valence-corrected chi connectivity index (χ3v) is 4.69. The summed E-state index contributed by atoms with van der Waals surface area (Å²) in [5.41, 5.74) is 0.999. The van der Waals surface area contributed by atoms with Gasteiger partial charge in [-0.25, -0.2) is 14.0 Å². The van der Waals surface area contributed by atoms with Gasteiger partial charge >= 0.3 is 11.9 Å². The Morgan fingerprint density at radius 1 is 1.25 bits per heavy atom. The highest BCUT2D eigenvalue weighted by Gasteiger charge is 2.29. The molecule has 1 saturated heterocycles. The van der Waals surface area contributed by atoms with E-state index in [1.54, 1.807) is 6.07 Å². The first-order valence-electron chi connectivity index (χ1n) is 8.76. The molecule has 3 atom stereocenters. The number of carboxylic acid groups (broad SMARTS) is 2. The lowest BCUT2D eigenvalue weighted by Crippen LogP contribution is -2.41. The van der Waals surface area contributed by atoms with Gasteiger partial charge < -0.3 is 25.7 Å². The quantitative estimate of drug-likeness (QED) is 0.440. The highest BCUT2D eigenvalue weighted by Crippen LogP contribution is 2.22. The van der Waals surface area contributed by atoms with Crippen molar-refractivity contribution in [1.29, 1.82) is 0 Å². The van der Waals surface area contributed by atoms with Crippen LogP contribution < -0.4 is 5.32 Å². The fourth-order valence-corrected chi connectivity index (χ4v) is 3.00. The van der Waals surface area contributed by atoms with E-state index in [9.17, 15) is 14.0 Å². The van der Waals surface area contributed by atoms with Crippen LogP contribution in [0.15, 0.2) is 18.2 Å². The number of carbonyl (C=O) groups is 2. The molecule has 0 spiro atoms. The van der Waals surface area contributed by atoms with Crippen LogP contribution in [0.1, 0.15) is 25.8 Å². The normalized spacial score (nSPS) is 18.5. The summed E-state index contributed by atoms with van der Waals surface area (Å²) < 4.78 is 13.0. The number of benzene rings is 1. The van der Waals surface area contributed by atoms with Gasteiger partial charge in [-0.15, -0.1) is 0 Å². The molecule has 0 bridgehead atoms. The predicted molar refractivity (Wildman–Crippen MR) is 101 cm³/mol. The van der Waals surface area contributed by atoms with Gasteiger partial charge in [-0.3, -0.25) is 4.90 Å². The molecule has 1 aromatic carbocycles. The summed E-state index contributed by atoms with van der Waals surface area (Å²) in [5.74, 6) is -3.81. The zero-order valence-electron chi connectivity index (χ0n) is 15.7. The summed E-state index contributed by atoms with van der Waals surface area (Å²) in [7, 11) is 0. The topological polar surface area (TPSA) is 130 Å². The number of aliphatic carboxylic acids is 2. The molecule has 2 unspecified atom stereocenters. The largest absolute Gasteiger partial charge is 0.479 e. The number of nitrogens with zero attached hydrogens (tertiary/aromatic N) is 1. The van der Waals surface area contributed by atoms with Gasteiger partial charge in [0.05, 0.1) is 0 Å². The van der Waals surface area contributed by atoms with Gasteiger partial charge in [0.2, 0.25) is 0 Å². The van der Waals surface area contributed by atoms with E-state index in [0.717, 1.165) is 31.6 Å². The van der Waals surface area contributed by atoms with Crippen LogP contribution in [-0.4, -0.2) is 74.6 Å². The summed E-state index contributed by atoms with van der Waals surface area (Å²) in [4.78, 5) is 22.0. The van der Waals surface area contributed by atoms with Crippen LogP contribution in [-0.2, 0) is 16.1 Å². The van der Waals surface area contributed by atoms with Crippen molar-refractivity contribution in [2.75, 3.05) is 13.1 Å². The average Bonchev–Trinajstić information content (AvgIpc) is 3.14. The summed E-state index contributed by atoms with van der Waals surface area (Å²) in [5, 5.41) is 36.4. The highest BCUT2D eigenvalue weighted by molar-refractivity contribution is 6.31. The number of hydrogen-bond acceptors (Lipinski definition) is 6. The summed E-state index contributed by atoms with van der Waals surface area (Å²) >= 11 is 6.10. The Morgan fingerprint density at radius 2 is 1.82 bits per heavy atom. The van der Waals surface area contributed by atoms with E-state index in [0.29, 0.717) is 17.1 Å². The molecule has 1 aliphatic rings. The fraction of sp³-hybridized carbons (Fsp3) is 0.556. The van der Waals surface area contributed by atoms with Crippen LogP contribution in [0, 0.1) is 5.82 Å². The van der Waals surface area contributed by atoms with Crippen molar-refractivity contribution in [1.82, 2.24) is 10.2 Å². The van der Waals surface area contributed by atoms with Crippen LogP contribution >= 0.6 is 11.6 Å². The van der Waals surface area contributed by atoms with Crippen LogP contribution in [0.3, 0.4) is 0 Å². The smallest absolute Gasteiger partial charge is 0.335 e. The molecule has 158 valence electrons. The Morgan fingerprint density at radius 3 is 2.21 bits per heavy atom. The highest BCUT2D eigenvalue weighted by atomic mass is 35.5. The van der Waals surface area contributed by atoms with Gasteiger partial charge in [-0.2, -0.15) is 0 Å². The molecule has 10 heteroatoms. The zero-order chi connectivity index (χ0) is 21.4. The maximum atomic E-state index is 13.0. The van der Waals surface area contributed by atoms with Crippen molar-refractivity contribution >= 4 is 23.5 Å². The van der Waals surface area contributed by atoms with Gasteiger partial charge in [0.25, 0.3) is 0 Å². The first-order valence-corrected chi connectivity index (χ1v) is 9.14. The molecule has 0 aromatic heterocycles. The molecule has 5 N–H and O–H groups in total. The number of aliphatic hydroxyl groups excluding tert-OH is 2. The summed E-state index contributed by atoms with van der Waals surface area (Å²) in [6, 6.07) is 5.66. The predicted octanol–water partition coefficient (Wildman–Crippen LogP) is 0.929. The summed E-state index contributed by atoms with van der Waals surface area (Å²) in [6.45, 7) is 7.26. The average molecular weight is 421 g/mol. The van der Waals surface area contributed by atoms with Crippen LogP contribution in [0.4, 0.5) is 4.39 Å². The van der Waals surface area contributed by atoms with E-state index in [4.69, 9.17) is 32.0 Å². The van der Waals surface area contributed by atoms with E-state index < -0.39 is 24.1 Å². The van der Waals surface area contributed by atoms with Gasteiger partial charge in [0, 0.05) is 30.2 Å². The molecule has 8 nitrogen and oxygen atoms in total. The van der Waals surface area contributed by atoms with E-state index in [1.165, 1.54) is 12.1 Å². The Balaban J connectivity index is 0.000000336. The molecule has 0 saturated carbocycles. The maximum Gasteiger partial charge on any atom is 0.335 e. The number of rotatable bonds is 7. The van der Waals surface area contributed by atoms with E-state index >= 15 is 0 Å². The molecule has 1 fully saturated rings. The molecule has 1 aromatic rings. The molecular formula is C18H26ClFN2O6. The fourth-order valence-electron chi connectivity index (χ4n) is 2.77. The van der Waals surface area contributed by atoms with Crippen molar-refractivity contribution in [3.8, 4) is 0 Å². The molecule has 1 heterocycles. The Bertz CT molecular complexity index is 651. The van der Waals surface area contributed by atoms with Crippen molar-refractivity contribution in [2.45, 2.75) is 51.1 Å². The zero-order valence-corrected chi connectivity index (χ0v) is 16.4. The summed E-state index contributed by atoms with van der Waals surface area (Å²) in [6.07, 6.45) is -3.37. The second kappa shape index (κ2) is 11.3. The number of carboxylic acids is 2. The Kier molecular flexibility index (Phi) is 9.77. The van der Waals surface area contributed by atoms with Crippen LogP contribution in [0.25, 0.3) is 0 Å². The SMILES string of the molecule is CC(C)N(Cc1ccc(F)cc1Cl)[C@H]1CCNC1.O=C(O)C(O)C(O)C(=O)O. The standard InChI is InChI=1S/C14H20ClFN2.C4H6O6/c1-10(2)18(13-5-6-17-8-13)9-11-3-4-12(16)7-14(11)15;5-1(3(7)8)2(6)4(9)10/h3-4,7,10,13,17H,5-6,8-9H2,1-2H3;1-2,5-6H,(H,7,8)(H,9,10)/t13-;/m0./s1. The van der Waals surface area contributed by atoms with Crippen molar-refractivity contribution in [3.05, 3.63) is 34.6 Å². The van der Waals surface area contributed by atoms with Gasteiger partial charge in [-0.05, 0) is 44.5 Å². The third-order valence-electron chi connectivity index (χ3n) is 4.34. The van der Waals surface area contributed by atoms with E-state index in [2.05, 4.69) is 24.1 Å². The minimum Gasteiger partial charge on any atom is -0.479 e. The van der Waals surface area contributed by atoms with E-state index in [-0.39, 0.29) is 5.82 Å². The molecule has 28 heavy (non-hydrogen) atoms. The molecule has 0 radical (unpaired) electrons. The minimum atomic E-state index is -2.27. The Labute approximate surface area is 167 Å². The lowest BCUT2D eigenvalue weighted by Gasteiger charge is -2.32. The third kappa shape index (κ3) is 7.33. The van der Waals surface area contributed by atoms with E-state index in [1.807, 2.05) is 0 Å². The molecule has 0 aliphatic carbocycles. The van der Waals surface area contributed by atoms with Gasteiger partial charge in [-0.1, -0.05) is 17.7 Å². The monoisotopic (exact) mass is 420 g/mol. The first-order chi connectivity index (χ1) is 13.0. The molecule has 1 aliphatic heterocycles. The minimum absolute atomic E-state index is 0.276. The molecule has 0 amide bonds. The first kappa shape index (κ1) is 24.3. The van der Waals surface area contributed by atoms with Crippen LogP contribution in [0.5, 0.6) is 0 Å². The number of nitrogens with one attached hydrogen (secondary N) is 1. The molecule has 2 rings (SSSR count). The number of hydrogen-bond donors (Lipinski definition) is 5. The lowest BCUT2D eigenvalue weighted by molar-refractivity contribution is -0.165. The second-order valence-electron chi connectivity index (χ2n) is 6.71. The number of aliphatic hydroxyl groups is 2. The lowest BCUT2D eigenvalue weighted by atomic mass is 10.1. The van der Waals surface area contributed by atoms with Crippen molar-refractivity contribution in [2.24, 2.45) is 0 Å². The maximum absolute atomic E-state index is 13.0. The van der Waals surface area contributed by atoms with Crippen molar-refractivity contribution in [3.63, 3.8) is 0 Å².